The summed E-state index contributed by atoms with van der Waals surface area (Å²) in [5.74, 6) is 0.810. The summed E-state index contributed by atoms with van der Waals surface area (Å²) in [7, 11) is 0. The van der Waals surface area contributed by atoms with Gasteiger partial charge < -0.3 is 0 Å². The summed E-state index contributed by atoms with van der Waals surface area (Å²) in [6.45, 7) is 17.1. The molecule has 3 aromatic carbocycles. The van der Waals surface area contributed by atoms with E-state index in [4.69, 9.17) is 0 Å². The van der Waals surface area contributed by atoms with Crippen LogP contribution in [0.2, 0.25) is 0 Å². The summed E-state index contributed by atoms with van der Waals surface area (Å²) >= 11 is 0. The highest BCUT2D eigenvalue weighted by molar-refractivity contribution is 6.24. The van der Waals surface area contributed by atoms with Crippen molar-refractivity contribution in [3.05, 3.63) is 88.0 Å². The first-order valence-corrected chi connectivity index (χ1v) is 12.7. The van der Waals surface area contributed by atoms with E-state index in [9.17, 15) is 10.8 Å². The zero-order chi connectivity index (χ0) is 25.9. The molecule has 0 saturated carbocycles. The minimum Gasteiger partial charge on any atom is -0.287 e. The topological polar surface area (TPSA) is 50.9 Å². The lowest BCUT2D eigenvalue weighted by Crippen LogP contribution is -2.45. The van der Waals surface area contributed by atoms with E-state index in [1.54, 1.807) is 0 Å². The number of anilines is 1. The number of aryl methyl sites for hydroxylation is 4. The molecule has 0 saturated heterocycles. The van der Waals surface area contributed by atoms with Gasteiger partial charge in [0.1, 0.15) is 11.7 Å². The van der Waals surface area contributed by atoms with Gasteiger partial charge in [0.15, 0.2) is 0 Å². The highest BCUT2D eigenvalue weighted by Gasteiger charge is 2.32. The van der Waals surface area contributed by atoms with Crippen LogP contribution < -0.4 is 4.90 Å². The van der Waals surface area contributed by atoms with Crippen molar-refractivity contribution in [2.24, 2.45) is 5.41 Å². The van der Waals surface area contributed by atoms with Crippen molar-refractivity contribution >= 4 is 17.4 Å². The van der Waals surface area contributed by atoms with Crippen molar-refractivity contribution in [1.82, 2.24) is 0 Å². The Morgan fingerprint density at radius 1 is 0.800 bits per heavy atom. The molecule has 0 radical (unpaired) electrons. The number of benzene rings is 3. The van der Waals surface area contributed by atoms with Crippen LogP contribution in [-0.2, 0) is 0 Å². The maximum Gasteiger partial charge on any atom is 0.138 e. The minimum atomic E-state index is -0.345. The van der Waals surface area contributed by atoms with Crippen LogP contribution in [-0.4, -0.2) is 11.7 Å². The average molecular weight is 468 g/mol. The lowest BCUT2D eigenvalue weighted by Gasteiger charge is -2.36. The number of hydrogen-bond acceptors (Lipinski definition) is 2. The molecule has 0 unspecified atom stereocenters. The fourth-order valence-electron chi connectivity index (χ4n) is 4.63. The van der Waals surface area contributed by atoms with Gasteiger partial charge in [0, 0.05) is 11.0 Å². The van der Waals surface area contributed by atoms with Gasteiger partial charge in [-0.25, -0.2) is 0 Å². The van der Waals surface area contributed by atoms with E-state index in [1.165, 1.54) is 22.3 Å². The number of amidine groups is 2. The second kappa shape index (κ2) is 10.6. The Morgan fingerprint density at radius 3 is 2.06 bits per heavy atom. The molecule has 0 aliphatic rings. The smallest absolute Gasteiger partial charge is 0.138 e. The Morgan fingerprint density at radius 2 is 1.46 bits per heavy atom. The summed E-state index contributed by atoms with van der Waals surface area (Å²) in [6, 6.07) is 18.9. The van der Waals surface area contributed by atoms with Crippen LogP contribution in [0.4, 0.5) is 5.69 Å². The third-order valence-corrected chi connectivity index (χ3v) is 7.23. The molecule has 0 heterocycles. The van der Waals surface area contributed by atoms with Crippen LogP contribution in [0.5, 0.6) is 0 Å². The predicted molar refractivity (Wildman–Crippen MR) is 152 cm³/mol. The van der Waals surface area contributed by atoms with Crippen molar-refractivity contribution in [2.45, 2.75) is 74.7 Å². The van der Waals surface area contributed by atoms with Crippen LogP contribution in [0.3, 0.4) is 0 Å². The monoisotopic (exact) mass is 467 g/mol. The van der Waals surface area contributed by atoms with Crippen molar-refractivity contribution in [2.75, 3.05) is 4.90 Å². The highest BCUT2D eigenvalue weighted by Crippen LogP contribution is 2.33. The Kier molecular flexibility index (Phi) is 8.00. The largest absolute Gasteiger partial charge is 0.287 e. The Balaban J connectivity index is 2.10. The molecule has 35 heavy (non-hydrogen) atoms. The van der Waals surface area contributed by atoms with Gasteiger partial charge in [-0.1, -0.05) is 81.6 Å². The second-order valence-electron chi connectivity index (χ2n) is 10.6. The highest BCUT2D eigenvalue weighted by atomic mass is 15.2. The van der Waals surface area contributed by atoms with Gasteiger partial charge in [-0.3, -0.25) is 15.7 Å². The zero-order valence-corrected chi connectivity index (χ0v) is 22.8. The van der Waals surface area contributed by atoms with Gasteiger partial charge >= 0.3 is 0 Å². The molecule has 3 heteroatoms. The fraction of sp³-hybridized carbons (Fsp3) is 0.375. The van der Waals surface area contributed by atoms with Crippen molar-refractivity contribution < 1.29 is 0 Å². The minimum absolute atomic E-state index is 0.342. The van der Waals surface area contributed by atoms with E-state index in [1.807, 2.05) is 17.0 Å². The third-order valence-electron chi connectivity index (χ3n) is 7.23. The van der Waals surface area contributed by atoms with E-state index >= 15 is 0 Å². The van der Waals surface area contributed by atoms with Crippen LogP contribution in [0, 0.1) is 50.9 Å². The predicted octanol–water partition coefficient (Wildman–Crippen LogP) is 8.92. The van der Waals surface area contributed by atoms with E-state index in [0.29, 0.717) is 11.7 Å². The molecule has 184 valence electrons. The molecule has 2 N–H and O–H groups in total. The lowest BCUT2D eigenvalue weighted by molar-refractivity contribution is 0.447. The lowest BCUT2D eigenvalue weighted by atomic mass is 9.84. The van der Waals surface area contributed by atoms with Crippen molar-refractivity contribution in [1.29, 1.82) is 10.8 Å². The summed E-state index contributed by atoms with van der Waals surface area (Å²) in [6.07, 6.45) is 3.07. The maximum absolute atomic E-state index is 9.33. The summed E-state index contributed by atoms with van der Waals surface area (Å²) in [5.41, 5.74) is 9.76. The van der Waals surface area contributed by atoms with Crippen LogP contribution in [0.15, 0.2) is 54.6 Å². The number of unbranched alkanes of at least 4 members (excludes halogenated alkanes) is 1. The third kappa shape index (κ3) is 5.73. The molecule has 3 rings (SSSR count). The van der Waals surface area contributed by atoms with Gasteiger partial charge in [-0.15, -0.1) is 0 Å². The first-order chi connectivity index (χ1) is 16.5. The number of hydrogen-bond donors (Lipinski definition) is 2. The molecule has 0 amide bonds. The maximum atomic E-state index is 9.33. The second-order valence-corrected chi connectivity index (χ2v) is 10.6. The van der Waals surface area contributed by atoms with E-state index in [-0.39, 0.29) is 5.41 Å². The zero-order valence-electron chi connectivity index (χ0n) is 22.8. The van der Waals surface area contributed by atoms with Crippen LogP contribution in [0.25, 0.3) is 11.1 Å². The Labute approximate surface area is 212 Å². The Hall–Kier alpha value is -3.20. The number of nitrogens with one attached hydrogen (secondary N) is 2. The molecular weight excluding hydrogens is 426 g/mol. The number of nitrogens with zero attached hydrogens (tertiary/aromatic N) is 1. The normalized spacial score (nSPS) is 11.4. The Bertz CT molecular complexity index is 1230. The first-order valence-electron chi connectivity index (χ1n) is 12.7. The molecule has 0 fully saturated rings. The van der Waals surface area contributed by atoms with Gasteiger partial charge in [0.2, 0.25) is 0 Å². The molecule has 3 nitrogen and oxygen atoms in total. The molecule has 0 aliphatic carbocycles. The van der Waals surface area contributed by atoms with Gasteiger partial charge in [0.05, 0.1) is 5.69 Å². The molecule has 0 atom stereocenters. The first kappa shape index (κ1) is 26.4. The fourth-order valence-corrected chi connectivity index (χ4v) is 4.63. The average Bonchev–Trinajstić information content (AvgIpc) is 2.82. The van der Waals surface area contributed by atoms with Gasteiger partial charge in [-0.2, -0.15) is 0 Å². The van der Waals surface area contributed by atoms with Gasteiger partial charge in [-0.05, 0) is 86.6 Å². The molecule has 0 aromatic heterocycles. The molecule has 0 bridgehead atoms. The summed E-state index contributed by atoms with van der Waals surface area (Å²) in [4.78, 5) is 1.86. The van der Waals surface area contributed by atoms with Crippen LogP contribution >= 0.6 is 0 Å². The van der Waals surface area contributed by atoms with Crippen molar-refractivity contribution in [3.63, 3.8) is 0 Å². The SMILES string of the molecule is CCCCC(C)(C)C(=N)N(C(=N)c1cccc(-c2cc(C)c(C)c(C)c2)c1)c1ccc(C)cc1C. The van der Waals surface area contributed by atoms with Gasteiger partial charge in [0.25, 0.3) is 0 Å². The van der Waals surface area contributed by atoms with Crippen LogP contribution in [0.1, 0.15) is 73.4 Å². The molecule has 0 spiro atoms. The quantitative estimate of drug-likeness (QED) is 0.264. The molecule has 3 aromatic rings. The van der Waals surface area contributed by atoms with E-state index in [0.717, 1.165) is 47.2 Å². The molecular formula is C32H41N3. The summed E-state index contributed by atoms with van der Waals surface area (Å²) in [5, 5.41) is 18.6. The van der Waals surface area contributed by atoms with E-state index < -0.39 is 0 Å². The van der Waals surface area contributed by atoms with Crippen molar-refractivity contribution in [3.8, 4) is 11.1 Å². The number of rotatable bonds is 7. The summed E-state index contributed by atoms with van der Waals surface area (Å²) < 4.78 is 0. The van der Waals surface area contributed by atoms with E-state index in [2.05, 4.69) is 97.9 Å². The molecule has 0 aliphatic heterocycles. The standard InChI is InChI=1S/C32H41N3/c1-9-10-16-32(7,8)31(34)35(29-15-14-21(2)17-24(29)5)30(33)27-13-11-12-26(20-27)28-18-22(3)25(6)23(4)19-28/h11-15,17-20,33-34H,9-10,16H2,1-8H3.